The van der Waals surface area contributed by atoms with Crippen molar-refractivity contribution in [3.05, 3.63) is 0 Å². The van der Waals surface area contributed by atoms with Crippen molar-refractivity contribution in [2.45, 2.75) is 12.1 Å². The third-order valence-corrected chi connectivity index (χ3v) is 3.61. The molecule has 114 valence electrons. The summed E-state index contributed by atoms with van der Waals surface area (Å²) < 4.78 is 19.8. The van der Waals surface area contributed by atoms with Crippen LogP contribution in [0.5, 0.6) is 5.19 Å². The lowest BCUT2D eigenvalue weighted by atomic mass is 10.7. The molecule has 0 aromatic carbocycles. The van der Waals surface area contributed by atoms with Crippen molar-refractivity contribution in [2.75, 3.05) is 47.1 Å². The SMILES string of the molecule is CCOCCOCCOc1nc(SC(=O)N(C)C)ns1. The molecule has 20 heavy (non-hydrogen) atoms. The Labute approximate surface area is 126 Å². The van der Waals surface area contributed by atoms with Gasteiger partial charge < -0.3 is 19.1 Å². The van der Waals surface area contributed by atoms with E-state index >= 15 is 0 Å². The molecule has 0 N–H and O–H groups in total. The molecule has 1 heterocycles. The summed E-state index contributed by atoms with van der Waals surface area (Å²) in [6.45, 7) is 4.62. The second-order valence-corrected chi connectivity index (χ2v) is 5.40. The van der Waals surface area contributed by atoms with E-state index in [0.717, 1.165) is 23.3 Å². The van der Waals surface area contributed by atoms with Gasteiger partial charge in [0.15, 0.2) is 0 Å². The lowest BCUT2D eigenvalue weighted by molar-refractivity contribution is 0.0404. The minimum absolute atomic E-state index is 0.117. The molecule has 1 aromatic heterocycles. The quantitative estimate of drug-likeness (QED) is 0.506. The van der Waals surface area contributed by atoms with E-state index in [0.29, 0.717) is 43.4 Å². The average Bonchev–Trinajstić information content (AvgIpc) is 2.85. The predicted molar refractivity (Wildman–Crippen MR) is 77.7 cm³/mol. The van der Waals surface area contributed by atoms with Crippen molar-refractivity contribution in [3.63, 3.8) is 0 Å². The van der Waals surface area contributed by atoms with E-state index in [2.05, 4.69) is 9.36 Å². The maximum absolute atomic E-state index is 11.4. The van der Waals surface area contributed by atoms with Crippen LogP contribution in [0.15, 0.2) is 5.16 Å². The minimum atomic E-state index is -0.117. The van der Waals surface area contributed by atoms with Gasteiger partial charge in [0.2, 0.25) is 5.16 Å². The second kappa shape index (κ2) is 9.92. The molecule has 0 radical (unpaired) electrons. The Hall–Kier alpha value is -0.900. The summed E-state index contributed by atoms with van der Waals surface area (Å²) >= 11 is 2.09. The maximum Gasteiger partial charge on any atom is 0.294 e. The second-order valence-electron chi connectivity index (χ2n) is 3.76. The van der Waals surface area contributed by atoms with Crippen molar-refractivity contribution in [2.24, 2.45) is 0 Å². The molecule has 1 amide bonds. The molecule has 0 aliphatic heterocycles. The van der Waals surface area contributed by atoms with Gasteiger partial charge in [-0.05, 0) is 6.92 Å². The number of carbonyl (C=O) groups excluding carboxylic acids is 1. The first-order valence-corrected chi connectivity index (χ1v) is 7.73. The molecular formula is C11H19N3O4S2. The van der Waals surface area contributed by atoms with Crippen LogP contribution in [0, 0.1) is 0 Å². The molecule has 0 fully saturated rings. The summed E-state index contributed by atoms with van der Waals surface area (Å²) in [4.78, 5) is 17.0. The van der Waals surface area contributed by atoms with E-state index in [4.69, 9.17) is 14.2 Å². The number of ether oxygens (including phenoxy) is 3. The zero-order chi connectivity index (χ0) is 14.8. The molecule has 0 saturated heterocycles. The fourth-order valence-corrected chi connectivity index (χ4v) is 2.26. The number of thioether (sulfide) groups is 1. The Morgan fingerprint density at radius 1 is 1.25 bits per heavy atom. The molecule has 0 bridgehead atoms. The minimum Gasteiger partial charge on any atom is -0.467 e. The lowest BCUT2D eigenvalue weighted by Crippen LogP contribution is -2.16. The van der Waals surface area contributed by atoms with Gasteiger partial charge in [0.1, 0.15) is 6.61 Å². The van der Waals surface area contributed by atoms with Crippen molar-refractivity contribution < 1.29 is 19.0 Å². The van der Waals surface area contributed by atoms with E-state index in [1.165, 1.54) is 4.90 Å². The Morgan fingerprint density at radius 2 is 1.95 bits per heavy atom. The van der Waals surface area contributed by atoms with Gasteiger partial charge >= 0.3 is 0 Å². The topological polar surface area (TPSA) is 73.8 Å². The summed E-state index contributed by atoms with van der Waals surface area (Å²) in [7, 11) is 3.36. The van der Waals surface area contributed by atoms with Gasteiger partial charge in [-0.3, -0.25) is 4.79 Å². The van der Waals surface area contributed by atoms with Crippen molar-refractivity contribution in [3.8, 4) is 5.19 Å². The lowest BCUT2D eigenvalue weighted by Gasteiger charge is -2.06. The molecule has 9 heteroatoms. The van der Waals surface area contributed by atoms with Gasteiger partial charge in [-0.2, -0.15) is 9.36 Å². The van der Waals surface area contributed by atoms with E-state index in [-0.39, 0.29) is 5.24 Å². The molecule has 7 nitrogen and oxygen atoms in total. The van der Waals surface area contributed by atoms with Crippen LogP contribution in [0.3, 0.4) is 0 Å². The smallest absolute Gasteiger partial charge is 0.294 e. The number of hydrogen-bond donors (Lipinski definition) is 0. The predicted octanol–water partition coefficient (Wildman–Crippen LogP) is 1.74. The zero-order valence-corrected chi connectivity index (χ0v) is 13.5. The van der Waals surface area contributed by atoms with Crippen molar-refractivity contribution in [1.82, 2.24) is 14.3 Å². The van der Waals surface area contributed by atoms with Gasteiger partial charge in [-0.1, -0.05) is 0 Å². The number of amides is 1. The molecule has 0 saturated carbocycles. The first-order valence-electron chi connectivity index (χ1n) is 6.14. The fraction of sp³-hybridized carbons (Fsp3) is 0.727. The van der Waals surface area contributed by atoms with E-state index in [1.54, 1.807) is 14.1 Å². The highest BCUT2D eigenvalue weighted by Gasteiger charge is 2.12. The molecule has 0 aliphatic rings. The molecule has 0 unspecified atom stereocenters. The summed E-state index contributed by atoms with van der Waals surface area (Å²) in [5.41, 5.74) is 0. The van der Waals surface area contributed by atoms with Crippen LogP contribution in [0.25, 0.3) is 0 Å². The molecule has 1 aromatic rings. The van der Waals surface area contributed by atoms with Gasteiger partial charge in [0.05, 0.1) is 19.8 Å². The summed E-state index contributed by atoms with van der Waals surface area (Å²) in [6.07, 6.45) is 0. The monoisotopic (exact) mass is 321 g/mol. The van der Waals surface area contributed by atoms with E-state index in [1.807, 2.05) is 6.92 Å². The largest absolute Gasteiger partial charge is 0.467 e. The molecule has 0 atom stereocenters. The van der Waals surface area contributed by atoms with Crippen LogP contribution in [0.1, 0.15) is 6.92 Å². The van der Waals surface area contributed by atoms with Crippen LogP contribution >= 0.6 is 23.3 Å². The summed E-state index contributed by atoms with van der Waals surface area (Å²) in [5, 5.41) is 0.724. The van der Waals surface area contributed by atoms with Crippen LogP contribution < -0.4 is 4.74 Å². The van der Waals surface area contributed by atoms with E-state index in [9.17, 15) is 4.79 Å². The maximum atomic E-state index is 11.4. The average molecular weight is 321 g/mol. The van der Waals surface area contributed by atoms with Crippen molar-refractivity contribution in [1.29, 1.82) is 0 Å². The Kier molecular flexibility index (Phi) is 8.51. The highest BCUT2D eigenvalue weighted by molar-refractivity contribution is 8.13. The van der Waals surface area contributed by atoms with Gasteiger partial charge in [-0.25, -0.2) is 0 Å². The van der Waals surface area contributed by atoms with E-state index < -0.39 is 0 Å². The normalized spacial score (nSPS) is 10.6. The fourth-order valence-electron chi connectivity index (χ4n) is 1.02. The number of rotatable bonds is 9. The highest BCUT2D eigenvalue weighted by atomic mass is 32.2. The highest BCUT2D eigenvalue weighted by Crippen LogP contribution is 2.23. The third-order valence-electron chi connectivity index (χ3n) is 1.96. The van der Waals surface area contributed by atoms with Crippen LogP contribution in [0.2, 0.25) is 0 Å². The summed E-state index contributed by atoms with van der Waals surface area (Å²) in [6, 6.07) is 0. The number of aromatic nitrogens is 2. The summed E-state index contributed by atoms with van der Waals surface area (Å²) in [5.74, 6) is 0. The Morgan fingerprint density at radius 3 is 2.65 bits per heavy atom. The van der Waals surface area contributed by atoms with Crippen LogP contribution in [-0.2, 0) is 9.47 Å². The zero-order valence-electron chi connectivity index (χ0n) is 11.8. The standard InChI is InChI=1S/C11H19N3O4S2/c1-4-16-5-6-17-7-8-18-10-12-9(13-20-10)19-11(15)14(2)3/h4-8H2,1-3H3. The van der Waals surface area contributed by atoms with Crippen molar-refractivity contribution >= 4 is 28.5 Å². The third kappa shape index (κ3) is 7.04. The van der Waals surface area contributed by atoms with Gasteiger partial charge in [0.25, 0.3) is 10.4 Å². The Bertz CT molecular complexity index is 401. The van der Waals surface area contributed by atoms with Crippen LogP contribution in [0.4, 0.5) is 4.79 Å². The molecule has 0 aliphatic carbocycles. The number of carbonyl (C=O) groups is 1. The molecular weight excluding hydrogens is 302 g/mol. The number of hydrogen-bond acceptors (Lipinski definition) is 8. The Balaban J connectivity index is 2.16. The number of nitrogens with zero attached hydrogens (tertiary/aromatic N) is 3. The first-order chi connectivity index (χ1) is 9.63. The first kappa shape index (κ1) is 17.2. The molecule has 1 rings (SSSR count). The van der Waals surface area contributed by atoms with Crippen LogP contribution in [-0.4, -0.2) is 66.6 Å². The van der Waals surface area contributed by atoms with Gasteiger partial charge in [-0.15, -0.1) is 0 Å². The molecule has 0 spiro atoms. The van der Waals surface area contributed by atoms with Gasteiger partial charge in [0, 0.05) is 44.0 Å².